The van der Waals surface area contributed by atoms with Crippen molar-refractivity contribution in [2.75, 3.05) is 7.11 Å². The lowest BCUT2D eigenvalue weighted by molar-refractivity contribution is -0.162. The highest BCUT2D eigenvalue weighted by molar-refractivity contribution is 6.74. The lowest BCUT2D eigenvalue weighted by Gasteiger charge is -2.44. The molecule has 0 aromatic heterocycles. The summed E-state index contributed by atoms with van der Waals surface area (Å²) in [6.45, 7) is 20.7. The van der Waals surface area contributed by atoms with Crippen LogP contribution in [0.5, 0.6) is 5.75 Å². The number of ether oxygens (including phenoxy) is 2. The normalized spacial score (nSPS) is 29.8. The van der Waals surface area contributed by atoms with Crippen LogP contribution in [0.1, 0.15) is 64.0 Å². The zero-order valence-electron chi connectivity index (χ0n) is 23.0. The molecule has 1 aromatic carbocycles. The predicted molar refractivity (Wildman–Crippen MR) is 145 cm³/mol. The molecule has 1 saturated heterocycles. The number of hydrogen-bond acceptors (Lipinski definition) is 5. The van der Waals surface area contributed by atoms with Crippen molar-refractivity contribution >= 4 is 20.1 Å². The van der Waals surface area contributed by atoms with Crippen molar-refractivity contribution in [3.8, 4) is 5.75 Å². The van der Waals surface area contributed by atoms with E-state index in [4.69, 9.17) is 13.9 Å². The number of rotatable bonds is 8. The molecule has 5 atom stereocenters. The molecule has 1 aliphatic heterocycles. The van der Waals surface area contributed by atoms with Gasteiger partial charge in [-0.2, -0.15) is 0 Å². The maximum Gasteiger partial charge on any atom is 0.321 e. The van der Waals surface area contributed by atoms with E-state index in [1.807, 2.05) is 37.3 Å². The van der Waals surface area contributed by atoms with Crippen molar-refractivity contribution in [3.63, 3.8) is 0 Å². The zero-order valence-corrected chi connectivity index (χ0v) is 24.0. The van der Waals surface area contributed by atoms with Gasteiger partial charge < -0.3 is 13.9 Å². The molecule has 196 valence electrons. The van der Waals surface area contributed by atoms with E-state index in [2.05, 4.69) is 47.0 Å². The van der Waals surface area contributed by atoms with Crippen LogP contribution in [0.3, 0.4) is 0 Å². The number of fused-ring (bicyclic) bond motifs is 1. The second-order valence-corrected chi connectivity index (χ2v) is 17.2. The van der Waals surface area contributed by atoms with E-state index in [1.165, 1.54) is 0 Å². The molecule has 36 heavy (non-hydrogen) atoms. The highest BCUT2D eigenvalue weighted by atomic mass is 28.4. The molecule has 2 aliphatic carbocycles. The minimum absolute atomic E-state index is 0.0133. The molecule has 0 amide bonds. The highest BCUT2D eigenvalue weighted by Crippen LogP contribution is 2.63. The molecule has 5 nitrogen and oxygen atoms in total. The summed E-state index contributed by atoms with van der Waals surface area (Å²) < 4.78 is 18.4. The van der Waals surface area contributed by atoms with E-state index in [0.717, 1.165) is 29.7 Å². The molecule has 1 spiro atoms. The van der Waals surface area contributed by atoms with Gasteiger partial charge in [0.05, 0.1) is 7.11 Å². The van der Waals surface area contributed by atoms with Crippen molar-refractivity contribution in [2.45, 2.75) is 89.1 Å². The van der Waals surface area contributed by atoms with Crippen LogP contribution in [0.15, 0.2) is 43.5 Å². The fraction of sp³-hybridized carbons (Fsp3) is 0.600. The van der Waals surface area contributed by atoms with Crippen molar-refractivity contribution in [1.29, 1.82) is 0 Å². The summed E-state index contributed by atoms with van der Waals surface area (Å²) in [7, 11) is -0.625. The minimum Gasteiger partial charge on any atom is -0.497 e. The summed E-state index contributed by atoms with van der Waals surface area (Å²) in [4.78, 5) is 28.6. The van der Waals surface area contributed by atoms with Crippen molar-refractivity contribution in [2.24, 2.45) is 17.3 Å². The summed E-state index contributed by atoms with van der Waals surface area (Å²) in [5, 5.41) is -0.0597. The quantitative estimate of drug-likeness (QED) is 0.176. The Labute approximate surface area is 217 Å². The molecule has 1 saturated carbocycles. The van der Waals surface area contributed by atoms with Crippen LogP contribution in [0.25, 0.3) is 0 Å². The lowest BCUT2D eigenvalue weighted by Crippen LogP contribution is -2.53. The van der Waals surface area contributed by atoms with Crippen LogP contribution in [-0.4, -0.2) is 38.9 Å². The number of Topliss-reactive ketones (excluding diaryl/α,β-unsaturated/α-hetero) is 1. The SMILES string of the molecule is C=C[C@H]1CC[C@H](C=C)C12C[C@@](C(=O)[C@H](C)O[Si](C)(C)C(C)(C)C)([C@@H]1Cc3ccc(OC)cc31)C(=O)O2. The average Bonchev–Trinajstić information content (AvgIpc) is 3.29. The van der Waals surface area contributed by atoms with Gasteiger partial charge >= 0.3 is 5.97 Å². The van der Waals surface area contributed by atoms with Crippen molar-refractivity contribution in [1.82, 2.24) is 0 Å². The van der Waals surface area contributed by atoms with Gasteiger partial charge in [0.1, 0.15) is 22.9 Å². The first-order valence-electron chi connectivity index (χ1n) is 13.1. The van der Waals surface area contributed by atoms with Gasteiger partial charge in [-0.1, -0.05) is 39.0 Å². The lowest BCUT2D eigenvalue weighted by atomic mass is 9.56. The second kappa shape index (κ2) is 8.98. The molecule has 1 aromatic rings. The van der Waals surface area contributed by atoms with Gasteiger partial charge in [-0.25, -0.2) is 0 Å². The third kappa shape index (κ3) is 3.83. The van der Waals surface area contributed by atoms with Gasteiger partial charge in [0, 0.05) is 24.2 Å². The smallest absolute Gasteiger partial charge is 0.321 e. The maximum absolute atomic E-state index is 14.5. The molecule has 0 unspecified atom stereocenters. The predicted octanol–water partition coefficient (Wildman–Crippen LogP) is 6.38. The van der Waals surface area contributed by atoms with E-state index in [1.54, 1.807) is 7.11 Å². The van der Waals surface area contributed by atoms with Crippen molar-refractivity contribution < 1.29 is 23.5 Å². The number of benzene rings is 1. The van der Waals surface area contributed by atoms with Gasteiger partial charge in [-0.05, 0) is 67.6 Å². The zero-order chi connectivity index (χ0) is 26.7. The van der Waals surface area contributed by atoms with Gasteiger partial charge in [0.15, 0.2) is 14.1 Å². The van der Waals surface area contributed by atoms with E-state index in [-0.39, 0.29) is 28.6 Å². The fourth-order valence-electron chi connectivity index (χ4n) is 6.49. The van der Waals surface area contributed by atoms with E-state index in [9.17, 15) is 9.59 Å². The van der Waals surface area contributed by atoms with Crippen LogP contribution in [0, 0.1) is 17.3 Å². The minimum atomic E-state index is -2.26. The maximum atomic E-state index is 14.5. The molecule has 3 aliphatic rings. The Morgan fingerprint density at radius 2 is 1.81 bits per heavy atom. The molecule has 0 bridgehead atoms. The third-order valence-corrected chi connectivity index (χ3v) is 14.2. The van der Waals surface area contributed by atoms with Crippen molar-refractivity contribution in [3.05, 3.63) is 54.6 Å². The number of carbonyl (C=O) groups excluding carboxylic acids is 2. The Balaban J connectivity index is 1.81. The summed E-state index contributed by atoms with van der Waals surface area (Å²) in [5.41, 5.74) is 0.0430. The second-order valence-electron chi connectivity index (χ2n) is 12.5. The topological polar surface area (TPSA) is 61.8 Å². The first-order valence-corrected chi connectivity index (χ1v) is 16.1. The third-order valence-electron chi connectivity index (χ3n) is 9.65. The molecular weight excluding hydrogens is 468 g/mol. The monoisotopic (exact) mass is 510 g/mol. The summed E-state index contributed by atoms with van der Waals surface area (Å²) in [6, 6.07) is 5.93. The van der Waals surface area contributed by atoms with Crippen LogP contribution >= 0.6 is 0 Å². The average molecular weight is 511 g/mol. The Kier molecular flexibility index (Phi) is 6.70. The molecule has 1 heterocycles. The largest absolute Gasteiger partial charge is 0.497 e. The Morgan fingerprint density at radius 3 is 2.33 bits per heavy atom. The Bertz CT molecular complexity index is 1070. The van der Waals surface area contributed by atoms with Crippen LogP contribution in [0.2, 0.25) is 18.1 Å². The first kappa shape index (κ1) is 26.9. The summed E-state index contributed by atoms with van der Waals surface area (Å²) >= 11 is 0. The number of methoxy groups -OCH3 is 1. The van der Waals surface area contributed by atoms with Gasteiger partial charge in [0.25, 0.3) is 0 Å². The molecule has 0 radical (unpaired) electrons. The number of ketones is 1. The number of esters is 1. The van der Waals surface area contributed by atoms with Crippen LogP contribution < -0.4 is 4.74 Å². The summed E-state index contributed by atoms with van der Waals surface area (Å²) in [6.07, 6.45) is 5.79. The fourth-order valence-corrected chi connectivity index (χ4v) is 7.83. The molecular formula is C30H42O5Si. The standard InChI is InChI=1S/C30H42O5Si/c1-10-21-13-14-22(11-2)30(21)18-29(27(32)34-30,25-16-20-12-15-23(33-7)17-24(20)25)26(31)19(3)35-36(8,9)28(4,5)6/h10-12,15,17,19,21-22,25H,1-2,13-14,16,18H2,3-9H3/t19-,21-,22-,25+,29-/m0/s1. The first-order chi connectivity index (χ1) is 16.8. The molecule has 6 heteroatoms. The summed E-state index contributed by atoms with van der Waals surface area (Å²) in [5.74, 6) is -0.158. The van der Waals surface area contributed by atoms with E-state index >= 15 is 0 Å². The molecule has 0 N–H and O–H groups in total. The van der Waals surface area contributed by atoms with Gasteiger partial charge in [-0.15, -0.1) is 13.2 Å². The van der Waals surface area contributed by atoms with E-state index in [0.29, 0.717) is 12.8 Å². The van der Waals surface area contributed by atoms with Crippen LogP contribution in [-0.2, 0) is 25.2 Å². The Hall–Kier alpha value is -2.18. The molecule has 2 fully saturated rings. The number of hydrogen-bond donors (Lipinski definition) is 0. The highest BCUT2D eigenvalue weighted by Gasteiger charge is 2.70. The molecule has 4 rings (SSSR count). The number of carbonyl (C=O) groups is 2. The van der Waals surface area contributed by atoms with Crippen LogP contribution in [0.4, 0.5) is 0 Å². The Morgan fingerprint density at radius 1 is 1.19 bits per heavy atom. The van der Waals surface area contributed by atoms with Gasteiger partial charge in [-0.3, -0.25) is 9.59 Å². The van der Waals surface area contributed by atoms with Gasteiger partial charge in [0.2, 0.25) is 0 Å². The van der Waals surface area contributed by atoms with E-state index < -0.39 is 31.4 Å².